The zero-order valence-electron chi connectivity index (χ0n) is 9.23. The van der Waals surface area contributed by atoms with Crippen LogP contribution in [0.25, 0.3) is 10.8 Å². The Morgan fingerprint density at radius 3 is 2.62 bits per heavy atom. The van der Waals surface area contributed by atoms with Gasteiger partial charge >= 0.3 is 0 Å². The number of phenolic OH excluding ortho intramolecular Hbond substituents is 1. The second kappa shape index (κ2) is 5.23. The van der Waals surface area contributed by atoms with Crippen molar-refractivity contribution < 1.29 is 5.11 Å². The molecule has 0 saturated heterocycles. The van der Waals surface area contributed by atoms with E-state index in [1.807, 2.05) is 43.1 Å². The number of hydrogen-bond donors (Lipinski definition) is 2. The van der Waals surface area contributed by atoms with Gasteiger partial charge < -0.3 is 10.4 Å². The first-order valence-corrected chi connectivity index (χ1v) is 6.29. The Kier molecular flexibility index (Phi) is 3.70. The van der Waals surface area contributed by atoms with Gasteiger partial charge in [-0.3, -0.25) is 0 Å². The highest BCUT2D eigenvalue weighted by Gasteiger charge is 2.04. The van der Waals surface area contributed by atoms with Crippen LogP contribution in [0, 0.1) is 0 Å². The van der Waals surface area contributed by atoms with Gasteiger partial charge in [0.05, 0.1) is 0 Å². The van der Waals surface area contributed by atoms with Gasteiger partial charge in [0, 0.05) is 22.6 Å². The van der Waals surface area contributed by atoms with Crippen molar-refractivity contribution in [3.05, 3.63) is 36.4 Å². The highest BCUT2D eigenvalue weighted by Crippen LogP contribution is 2.32. The predicted octanol–water partition coefficient (Wildman–Crippen LogP) is 2.86. The maximum atomic E-state index is 9.75. The topological polar surface area (TPSA) is 32.3 Å². The summed E-state index contributed by atoms with van der Waals surface area (Å²) in [4.78, 5) is 1.23. The molecule has 0 amide bonds. The molecule has 0 saturated carbocycles. The summed E-state index contributed by atoms with van der Waals surface area (Å²) in [6.07, 6.45) is 0. The first kappa shape index (κ1) is 11.3. The fourth-order valence-corrected chi connectivity index (χ4v) is 2.67. The average molecular weight is 233 g/mol. The molecule has 0 fully saturated rings. The van der Waals surface area contributed by atoms with E-state index in [4.69, 9.17) is 0 Å². The smallest absolute Gasteiger partial charge is 0.123 e. The molecule has 0 radical (unpaired) electrons. The number of aromatic hydroxyl groups is 1. The molecule has 0 spiro atoms. The standard InChI is InChI=1S/C13H15NOS/c1-14-8-9-16-13-7-6-12(15)10-4-2-3-5-11(10)13/h2-7,14-15H,8-9H2,1H3. The third-order valence-electron chi connectivity index (χ3n) is 2.47. The van der Waals surface area contributed by atoms with Crippen molar-refractivity contribution in [1.29, 1.82) is 0 Å². The summed E-state index contributed by atoms with van der Waals surface area (Å²) in [6, 6.07) is 11.7. The minimum atomic E-state index is 0.355. The van der Waals surface area contributed by atoms with E-state index in [1.165, 1.54) is 4.90 Å². The van der Waals surface area contributed by atoms with Gasteiger partial charge in [0.1, 0.15) is 5.75 Å². The monoisotopic (exact) mass is 233 g/mol. The van der Waals surface area contributed by atoms with Crippen LogP contribution in [-0.4, -0.2) is 24.5 Å². The molecule has 2 aromatic rings. The Bertz CT molecular complexity index is 484. The molecule has 2 aromatic carbocycles. The molecule has 16 heavy (non-hydrogen) atoms. The third-order valence-corrected chi connectivity index (χ3v) is 3.55. The number of benzene rings is 2. The Labute approximate surface area is 99.7 Å². The van der Waals surface area contributed by atoms with Gasteiger partial charge in [0.15, 0.2) is 0 Å². The summed E-state index contributed by atoms with van der Waals surface area (Å²) < 4.78 is 0. The number of thioether (sulfide) groups is 1. The molecule has 0 aliphatic carbocycles. The molecule has 0 heterocycles. The van der Waals surface area contributed by atoms with Crippen LogP contribution in [0.1, 0.15) is 0 Å². The largest absolute Gasteiger partial charge is 0.507 e. The van der Waals surface area contributed by atoms with E-state index in [1.54, 1.807) is 6.07 Å². The van der Waals surface area contributed by atoms with Gasteiger partial charge in [-0.15, -0.1) is 11.8 Å². The van der Waals surface area contributed by atoms with Crippen LogP contribution >= 0.6 is 11.8 Å². The predicted molar refractivity (Wildman–Crippen MR) is 70.3 cm³/mol. The van der Waals surface area contributed by atoms with Crippen molar-refractivity contribution >= 4 is 22.5 Å². The maximum Gasteiger partial charge on any atom is 0.123 e. The minimum absolute atomic E-state index is 0.355. The lowest BCUT2D eigenvalue weighted by molar-refractivity contribution is 0.481. The van der Waals surface area contributed by atoms with Crippen LogP contribution in [0.5, 0.6) is 5.75 Å². The molecular weight excluding hydrogens is 218 g/mol. The molecule has 0 aromatic heterocycles. The quantitative estimate of drug-likeness (QED) is 0.629. The normalized spacial score (nSPS) is 10.8. The Morgan fingerprint density at radius 1 is 1.12 bits per heavy atom. The van der Waals surface area contributed by atoms with Gasteiger partial charge in [0.2, 0.25) is 0 Å². The lowest BCUT2D eigenvalue weighted by atomic mass is 10.1. The molecule has 0 atom stereocenters. The van der Waals surface area contributed by atoms with Crippen molar-refractivity contribution in [2.24, 2.45) is 0 Å². The fourth-order valence-electron chi connectivity index (χ4n) is 1.64. The summed E-state index contributed by atoms with van der Waals surface area (Å²) in [5, 5.41) is 14.9. The van der Waals surface area contributed by atoms with Gasteiger partial charge in [-0.05, 0) is 24.6 Å². The molecular formula is C13H15NOS. The van der Waals surface area contributed by atoms with E-state index in [9.17, 15) is 5.11 Å². The Hall–Kier alpha value is -1.19. The number of rotatable bonds is 4. The van der Waals surface area contributed by atoms with Crippen LogP contribution in [0.15, 0.2) is 41.3 Å². The Morgan fingerprint density at radius 2 is 1.88 bits per heavy atom. The van der Waals surface area contributed by atoms with Crippen molar-refractivity contribution in [2.75, 3.05) is 19.3 Å². The van der Waals surface area contributed by atoms with Crippen LogP contribution < -0.4 is 5.32 Å². The summed E-state index contributed by atoms with van der Waals surface area (Å²) in [6.45, 7) is 0.986. The molecule has 2 nitrogen and oxygen atoms in total. The summed E-state index contributed by atoms with van der Waals surface area (Å²) >= 11 is 1.81. The molecule has 84 valence electrons. The van der Waals surface area contributed by atoms with E-state index in [0.29, 0.717) is 5.75 Å². The molecule has 0 bridgehead atoms. The molecule has 0 aliphatic heterocycles. The van der Waals surface area contributed by atoms with Gasteiger partial charge in [0.25, 0.3) is 0 Å². The summed E-state index contributed by atoms with van der Waals surface area (Å²) in [7, 11) is 1.95. The zero-order chi connectivity index (χ0) is 11.4. The number of phenols is 1. The van der Waals surface area contributed by atoms with E-state index in [2.05, 4.69) is 11.4 Å². The van der Waals surface area contributed by atoms with Crippen molar-refractivity contribution in [3.8, 4) is 5.75 Å². The number of hydrogen-bond acceptors (Lipinski definition) is 3. The van der Waals surface area contributed by atoms with Crippen LogP contribution in [0.4, 0.5) is 0 Å². The summed E-state index contributed by atoms with van der Waals surface area (Å²) in [5.74, 6) is 1.39. The zero-order valence-corrected chi connectivity index (χ0v) is 10.1. The Balaban J connectivity index is 2.35. The van der Waals surface area contributed by atoms with E-state index in [0.717, 1.165) is 23.1 Å². The third kappa shape index (κ3) is 2.31. The average Bonchev–Trinajstić information content (AvgIpc) is 2.33. The fraction of sp³-hybridized carbons (Fsp3) is 0.231. The molecule has 3 heteroatoms. The van der Waals surface area contributed by atoms with Crippen molar-refractivity contribution in [2.45, 2.75) is 4.90 Å². The molecule has 2 rings (SSSR count). The SMILES string of the molecule is CNCCSc1ccc(O)c2ccccc12. The first-order chi connectivity index (χ1) is 7.83. The van der Waals surface area contributed by atoms with Gasteiger partial charge in [-0.25, -0.2) is 0 Å². The highest BCUT2D eigenvalue weighted by molar-refractivity contribution is 7.99. The number of nitrogens with one attached hydrogen (secondary N) is 1. The van der Waals surface area contributed by atoms with Gasteiger partial charge in [-0.1, -0.05) is 24.3 Å². The lowest BCUT2D eigenvalue weighted by Crippen LogP contribution is -2.09. The molecule has 2 N–H and O–H groups in total. The van der Waals surface area contributed by atoms with Crippen molar-refractivity contribution in [1.82, 2.24) is 5.32 Å². The second-order valence-electron chi connectivity index (χ2n) is 3.58. The second-order valence-corrected chi connectivity index (χ2v) is 4.72. The lowest BCUT2D eigenvalue weighted by Gasteiger charge is -2.07. The van der Waals surface area contributed by atoms with Crippen LogP contribution in [0.2, 0.25) is 0 Å². The molecule has 0 unspecified atom stereocenters. The first-order valence-electron chi connectivity index (χ1n) is 5.31. The van der Waals surface area contributed by atoms with E-state index in [-0.39, 0.29) is 0 Å². The van der Waals surface area contributed by atoms with E-state index < -0.39 is 0 Å². The summed E-state index contributed by atoms with van der Waals surface area (Å²) in [5.41, 5.74) is 0. The molecule has 0 aliphatic rings. The minimum Gasteiger partial charge on any atom is -0.507 e. The van der Waals surface area contributed by atoms with Crippen molar-refractivity contribution in [3.63, 3.8) is 0 Å². The van der Waals surface area contributed by atoms with Crippen LogP contribution in [0.3, 0.4) is 0 Å². The number of fused-ring (bicyclic) bond motifs is 1. The highest BCUT2D eigenvalue weighted by atomic mass is 32.2. The maximum absolute atomic E-state index is 9.75. The van der Waals surface area contributed by atoms with Gasteiger partial charge in [-0.2, -0.15) is 0 Å². The van der Waals surface area contributed by atoms with Crippen LogP contribution in [-0.2, 0) is 0 Å². The van der Waals surface area contributed by atoms with E-state index >= 15 is 0 Å².